The number of carbonyl (C=O) groups is 1. The van der Waals surface area contributed by atoms with E-state index in [0.29, 0.717) is 26.9 Å². The second kappa shape index (κ2) is 4.89. The molecule has 0 aromatic heterocycles. The van der Waals surface area contributed by atoms with E-state index in [1.807, 2.05) is 0 Å². The van der Waals surface area contributed by atoms with Crippen LogP contribution in [-0.2, 0) is 0 Å². The Morgan fingerprint density at radius 3 is 2.50 bits per heavy atom. The summed E-state index contributed by atoms with van der Waals surface area (Å²) in [7, 11) is 0. The lowest BCUT2D eigenvalue weighted by Gasteiger charge is -2.28. The van der Waals surface area contributed by atoms with Crippen molar-refractivity contribution < 1.29 is 9.90 Å². The minimum absolute atomic E-state index is 0.0598. The molecule has 1 aliphatic heterocycles. The Morgan fingerprint density at radius 2 is 1.70 bits per heavy atom. The van der Waals surface area contributed by atoms with Crippen molar-refractivity contribution in [2.45, 2.75) is 6.17 Å². The van der Waals surface area contributed by atoms with Crippen LogP contribution >= 0.6 is 23.2 Å². The fraction of sp³-hybridized carbons (Fsp3) is 0.0714. The van der Waals surface area contributed by atoms with Crippen molar-refractivity contribution in [2.75, 3.05) is 5.32 Å². The second-order valence-corrected chi connectivity index (χ2v) is 5.32. The van der Waals surface area contributed by atoms with Crippen molar-refractivity contribution in [3.05, 3.63) is 57.6 Å². The molecule has 3 N–H and O–H groups in total. The molecule has 1 unspecified atom stereocenters. The van der Waals surface area contributed by atoms with Gasteiger partial charge in [0.15, 0.2) is 0 Å². The van der Waals surface area contributed by atoms with Crippen LogP contribution < -0.4 is 10.6 Å². The normalized spacial score (nSPS) is 17.1. The van der Waals surface area contributed by atoms with Crippen LogP contribution in [0.5, 0.6) is 5.75 Å². The number of hydrogen-bond donors (Lipinski definition) is 3. The number of rotatable bonds is 1. The molecule has 6 heteroatoms. The highest BCUT2D eigenvalue weighted by atomic mass is 35.5. The molecule has 0 saturated heterocycles. The first-order chi connectivity index (χ1) is 9.54. The third-order valence-corrected chi connectivity index (χ3v) is 3.57. The molecule has 2 aromatic carbocycles. The average molecular weight is 309 g/mol. The van der Waals surface area contributed by atoms with E-state index in [4.69, 9.17) is 23.2 Å². The van der Waals surface area contributed by atoms with Gasteiger partial charge in [-0.1, -0.05) is 23.2 Å². The summed E-state index contributed by atoms with van der Waals surface area (Å²) in [6.07, 6.45) is -0.546. The number of phenols is 1. The van der Waals surface area contributed by atoms with Gasteiger partial charge < -0.3 is 15.7 Å². The molecular weight excluding hydrogens is 299 g/mol. The van der Waals surface area contributed by atoms with Crippen molar-refractivity contribution in [1.82, 2.24) is 5.32 Å². The van der Waals surface area contributed by atoms with E-state index >= 15 is 0 Å². The fourth-order valence-corrected chi connectivity index (χ4v) is 2.50. The van der Waals surface area contributed by atoms with Gasteiger partial charge in [0, 0.05) is 21.3 Å². The monoisotopic (exact) mass is 308 g/mol. The van der Waals surface area contributed by atoms with Gasteiger partial charge in [-0.3, -0.25) is 4.79 Å². The molecule has 0 radical (unpaired) electrons. The molecule has 2 aromatic rings. The average Bonchev–Trinajstić information content (AvgIpc) is 2.42. The zero-order valence-electron chi connectivity index (χ0n) is 10.2. The van der Waals surface area contributed by atoms with E-state index in [2.05, 4.69) is 10.6 Å². The predicted octanol–water partition coefficient (Wildman–Crippen LogP) is 3.55. The molecule has 4 nitrogen and oxygen atoms in total. The maximum absolute atomic E-state index is 12.1. The molecule has 1 atom stereocenters. The first kappa shape index (κ1) is 13.1. The smallest absolute Gasteiger partial charge is 0.255 e. The lowest BCUT2D eigenvalue weighted by molar-refractivity contribution is 0.0935. The molecule has 1 aliphatic rings. The van der Waals surface area contributed by atoms with E-state index in [1.165, 1.54) is 6.07 Å². The van der Waals surface area contributed by atoms with E-state index in [-0.39, 0.29) is 11.7 Å². The largest absolute Gasteiger partial charge is 0.508 e. The highest BCUT2D eigenvalue weighted by Gasteiger charge is 2.26. The third-order valence-electron chi connectivity index (χ3n) is 3.10. The summed E-state index contributed by atoms with van der Waals surface area (Å²) in [6.45, 7) is 0. The van der Waals surface area contributed by atoms with Crippen molar-refractivity contribution in [2.24, 2.45) is 0 Å². The number of nitrogens with one attached hydrogen (secondary N) is 2. The quantitative estimate of drug-likeness (QED) is 0.755. The van der Waals surface area contributed by atoms with E-state index in [9.17, 15) is 9.90 Å². The van der Waals surface area contributed by atoms with E-state index in [1.54, 1.807) is 30.3 Å². The van der Waals surface area contributed by atoms with Crippen LogP contribution in [0.1, 0.15) is 22.1 Å². The van der Waals surface area contributed by atoms with Gasteiger partial charge in [-0.05, 0) is 36.4 Å². The first-order valence-corrected chi connectivity index (χ1v) is 6.65. The summed E-state index contributed by atoms with van der Waals surface area (Å²) in [4.78, 5) is 12.1. The van der Waals surface area contributed by atoms with Crippen molar-refractivity contribution in [1.29, 1.82) is 0 Å². The highest BCUT2D eigenvalue weighted by molar-refractivity contribution is 6.31. The van der Waals surface area contributed by atoms with Crippen molar-refractivity contribution >= 4 is 34.8 Å². The molecule has 3 rings (SSSR count). The molecule has 0 spiro atoms. The Kier molecular flexibility index (Phi) is 3.20. The molecule has 102 valence electrons. The fourth-order valence-electron chi connectivity index (χ4n) is 2.14. The molecular formula is C14H10Cl2N2O2. The third kappa shape index (κ3) is 2.28. The number of aromatic hydroxyl groups is 1. The molecule has 0 saturated carbocycles. The predicted molar refractivity (Wildman–Crippen MR) is 78.4 cm³/mol. The van der Waals surface area contributed by atoms with Crippen LogP contribution in [0.15, 0.2) is 36.4 Å². The summed E-state index contributed by atoms with van der Waals surface area (Å²) >= 11 is 11.8. The maximum atomic E-state index is 12.1. The zero-order chi connectivity index (χ0) is 14.3. The number of amides is 1. The number of fused-ring (bicyclic) bond motifs is 1. The summed E-state index contributed by atoms with van der Waals surface area (Å²) < 4.78 is 0. The maximum Gasteiger partial charge on any atom is 0.255 e. The Hall–Kier alpha value is -1.91. The number of halogens is 2. The Bertz CT molecular complexity index is 704. The molecule has 0 fully saturated rings. The number of hydrogen-bond acceptors (Lipinski definition) is 3. The minimum Gasteiger partial charge on any atom is -0.508 e. The molecule has 1 heterocycles. The van der Waals surface area contributed by atoms with Gasteiger partial charge in [0.1, 0.15) is 11.9 Å². The van der Waals surface area contributed by atoms with Gasteiger partial charge in [0.25, 0.3) is 5.91 Å². The van der Waals surface area contributed by atoms with Crippen LogP contribution in [0.2, 0.25) is 10.0 Å². The lowest BCUT2D eigenvalue weighted by Crippen LogP contribution is -2.38. The SMILES string of the molecule is O=C1NC(c2cc(Cl)ccc2O)Nc2ccc(Cl)cc21. The van der Waals surface area contributed by atoms with Crippen LogP contribution in [0.25, 0.3) is 0 Å². The topological polar surface area (TPSA) is 61.4 Å². The lowest BCUT2D eigenvalue weighted by atomic mass is 10.1. The molecule has 0 bridgehead atoms. The van der Waals surface area contributed by atoms with Crippen molar-refractivity contribution in [3.8, 4) is 5.75 Å². The second-order valence-electron chi connectivity index (χ2n) is 4.44. The van der Waals surface area contributed by atoms with E-state index < -0.39 is 6.17 Å². The highest BCUT2D eigenvalue weighted by Crippen LogP contribution is 2.33. The van der Waals surface area contributed by atoms with Gasteiger partial charge in [-0.15, -0.1) is 0 Å². The van der Waals surface area contributed by atoms with Crippen LogP contribution in [0, 0.1) is 0 Å². The van der Waals surface area contributed by atoms with Gasteiger partial charge in [0.05, 0.1) is 5.56 Å². The standard InChI is InChI=1S/C14H10Cl2N2O2/c15-7-1-3-11-9(5-7)14(20)18-13(17-11)10-6-8(16)2-4-12(10)19/h1-6,13,17,19H,(H,18,20). The first-order valence-electron chi connectivity index (χ1n) is 5.90. The van der Waals surface area contributed by atoms with Gasteiger partial charge in [-0.25, -0.2) is 0 Å². The van der Waals surface area contributed by atoms with Crippen LogP contribution in [-0.4, -0.2) is 11.0 Å². The Labute approximate surface area is 125 Å². The number of benzene rings is 2. The number of carbonyl (C=O) groups excluding carboxylic acids is 1. The Balaban J connectivity index is 2.01. The Morgan fingerprint density at radius 1 is 1.00 bits per heavy atom. The number of anilines is 1. The van der Waals surface area contributed by atoms with Gasteiger partial charge >= 0.3 is 0 Å². The summed E-state index contributed by atoms with van der Waals surface area (Å²) in [5.74, 6) is -0.199. The molecule has 0 aliphatic carbocycles. The summed E-state index contributed by atoms with van der Waals surface area (Å²) in [5.41, 5.74) is 1.63. The zero-order valence-corrected chi connectivity index (χ0v) is 11.7. The van der Waals surface area contributed by atoms with Crippen LogP contribution in [0.3, 0.4) is 0 Å². The van der Waals surface area contributed by atoms with Gasteiger partial charge in [-0.2, -0.15) is 0 Å². The van der Waals surface area contributed by atoms with E-state index in [0.717, 1.165) is 0 Å². The van der Waals surface area contributed by atoms with Crippen molar-refractivity contribution in [3.63, 3.8) is 0 Å². The molecule has 1 amide bonds. The summed E-state index contributed by atoms with van der Waals surface area (Å²) in [6, 6.07) is 9.69. The summed E-state index contributed by atoms with van der Waals surface area (Å²) in [5, 5.41) is 16.8. The van der Waals surface area contributed by atoms with Crippen LogP contribution in [0.4, 0.5) is 5.69 Å². The number of phenolic OH excluding ortho intramolecular Hbond substituents is 1. The minimum atomic E-state index is -0.546. The molecule has 20 heavy (non-hydrogen) atoms. The van der Waals surface area contributed by atoms with Gasteiger partial charge in [0.2, 0.25) is 0 Å².